The van der Waals surface area contributed by atoms with Crippen LogP contribution in [0, 0.1) is 0 Å². The number of aliphatic imine (C=N–C) groups is 1. The Bertz CT molecular complexity index is 410. The smallest absolute Gasteiger partial charge is 0.258 e. The number of thiazole rings is 1. The van der Waals surface area contributed by atoms with Crippen molar-refractivity contribution in [2.75, 3.05) is 0 Å². The third-order valence-electron chi connectivity index (χ3n) is 2.35. The van der Waals surface area contributed by atoms with E-state index in [1.807, 2.05) is 5.38 Å². The molecule has 0 bridgehead atoms. The number of rotatable bonds is 2. The van der Waals surface area contributed by atoms with Gasteiger partial charge in [0.05, 0.1) is 0 Å². The van der Waals surface area contributed by atoms with E-state index >= 15 is 0 Å². The third-order valence-corrected chi connectivity index (χ3v) is 3.18. The largest absolute Gasteiger partial charge is 0.353 e. The monoisotopic (exact) mass is 222 g/mol. The lowest BCUT2D eigenvalue weighted by atomic mass is 10.3. The van der Waals surface area contributed by atoms with E-state index in [4.69, 9.17) is 0 Å². The molecule has 3 rings (SSSR count). The first kappa shape index (κ1) is 8.84. The van der Waals surface area contributed by atoms with Gasteiger partial charge < -0.3 is 5.32 Å². The van der Waals surface area contributed by atoms with Crippen LogP contribution >= 0.6 is 11.3 Å². The number of carbonyl (C=O) groups excluding carboxylic acids is 1. The normalized spacial score (nSPS) is 24.9. The Morgan fingerprint density at radius 3 is 3.07 bits per heavy atom. The molecule has 1 saturated carbocycles. The highest BCUT2D eigenvalue weighted by molar-refractivity contribution is 7.09. The summed E-state index contributed by atoms with van der Waals surface area (Å²) in [4.78, 5) is 20.0. The summed E-state index contributed by atoms with van der Waals surface area (Å²) in [5.74, 6) is 0.510. The molecule has 78 valence electrons. The molecule has 2 heterocycles. The van der Waals surface area contributed by atoms with E-state index in [-0.39, 0.29) is 5.91 Å². The maximum absolute atomic E-state index is 11.6. The SMILES string of the molecule is O=C1NC(NC2CC2)=NC1c1nccs1. The fourth-order valence-electron chi connectivity index (χ4n) is 1.44. The van der Waals surface area contributed by atoms with E-state index in [1.165, 1.54) is 11.3 Å². The zero-order valence-corrected chi connectivity index (χ0v) is 8.75. The fraction of sp³-hybridized carbons (Fsp3) is 0.444. The minimum atomic E-state index is -0.453. The van der Waals surface area contributed by atoms with E-state index in [0.29, 0.717) is 12.0 Å². The average molecular weight is 222 g/mol. The average Bonchev–Trinajstić information content (AvgIpc) is 2.76. The third kappa shape index (κ3) is 1.72. The van der Waals surface area contributed by atoms with Crippen molar-refractivity contribution < 1.29 is 4.79 Å². The summed E-state index contributed by atoms with van der Waals surface area (Å²) in [6, 6.07) is 0.0466. The standard InChI is InChI=1S/C9H10N4OS/c14-7-6(8-10-3-4-15-8)12-9(13-7)11-5-1-2-5/h3-6H,1-2H2,(H2,11,12,13,14). The number of carbonyl (C=O) groups is 1. The maximum Gasteiger partial charge on any atom is 0.258 e. The van der Waals surface area contributed by atoms with Crippen molar-refractivity contribution in [2.24, 2.45) is 4.99 Å². The molecule has 1 aliphatic heterocycles. The zero-order chi connectivity index (χ0) is 10.3. The first-order valence-corrected chi connectivity index (χ1v) is 5.75. The Balaban J connectivity index is 1.78. The Kier molecular flexibility index (Phi) is 1.95. The Labute approximate surface area is 90.6 Å². The highest BCUT2D eigenvalue weighted by Crippen LogP contribution is 2.24. The molecular formula is C9H10N4OS. The summed E-state index contributed by atoms with van der Waals surface area (Å²) in [6.45, 7) is 0. The number of nitrogens with one attached hydrogen (secondary N) is 2. The van der Waals surface area contributed by atoms with Gasteiger partial charge in [-0.1, -0.05) is 0 Å². The summed E-state index contributed by atoms with van der Waals surface area (Å²) in [7, 11) is 0. The molecule has 0 aromatic carbocycles. The number of aromatic nitrogens is 1. The van der Waals surface area contributed by atoms with Gasteiger partial charge in [-0.15, -0.1) is 11.3 Å². The van der Waals surface area contributed by atoms with Crippen LogP contribution in [0.1, 0.15) is 23.9 Å². The van der Waals surface area contributed by atoms with Crippen molar-refractivity contribution in [3.8, 4) is 0 Å². The first-order chi connectivity index (χ1) is 7.33. The van der Waals surface area contributed by atoms with Crippen molar-refractivity contribution in [3.05, 3.63) is 16.6 Å². The molecule has 1 aromatic heterocycles. The van der Waals surface area contributed by atoms with Crippen LogP contribution in [-0.4, -0.2) is 22.9 Å². The van der Waals surface area contributed by atoms with Gasteiger partial charge in [-0.2, -0.15) is 0 Å². The van der Waals surface area contributed by atoms with Gasteiger partial charge in [-0.25, -0.2) is 9.98 Å². The van der Waals surface area contributed by atoms with Crippen molar-refractivity contribution in [1.82, 2.24) is 15.6 Å². The lowest BCUT2D eigenvalue weighted by molar-refractivity contribution is -0.120. The molecule has 1 amide bonds. The minimum Gasteiger partial charge on any atom is -0.353 e. The van der Waals surface area contributed by atoms with Crippen LogP contribution in [0.3, 0.4) is 0 Å². The van der Waals surface area contributed by atoms with Gasteiger partial charge in [-0.05, 0) is 12.8 Å². The fourth-order valence-corrected chi connectivity index (χ4v) is 2.11. The Morgan fingerprint density at radius 1 is 1.53 bits per heavy atom. The van der Waals surface area contributed by atoms with Gasteiger partial charge >= 0.3 is 0 Å². The number of hydrogen-bond donors (Lipinski definition) is 2. The molecule has 2 aliphatic rings. The topological polar surface area (TPSA) is 66.4 Å². The Morgan fingerprint density at radius 2 is 2.40 bits per heavy atom. The van der Waals surface area contributed by atoms with Gasteiger partial charge in [-0.3, -0.25) is 10.1 Å². The summed E-state index contributed by atoms with van der Waals surface area (Å²) >= 11 is 1.45. The second-order valence-corrected chi connectivity index (χ2v) is 4.58. The highest BCUT2D eigenvalue weighted by Gasteiger charge is 2.32. The van der Waals surface area contributed by atoms with E-state index in [2.05, 4.69) is 20.6 Å². The van der Waals surface area contributed by atoms with Crippen LogP contribution in [0.25, 0.3) is 0 Å². The summed E-state index contributed by atoms with van der Waals surface area (Å²) in [5.41, 5.74) is 0. The molecule has 0 radical (unpaired) electrons. The molecule has 0 saturated heterocycles. The molecule has 6 heteroatoms. The van der Waals surface area contributed by atoms with Crippen molar-refractivity contribution in [1.29, 1.82) is 0 Å². The molecule has 1 fully saturated rings. The number of hydrogen-bond acceptors (Lipinski definition) is 5. The molecular weight excluding hydrogens is 212 g/mol. The van der Waals surface area contributed by atoms with Crippen LogP contribution < -0.4 is 10.6 Å². The van der Waals surface area contributed by atoms with Crippen LogP contribution in [0.5, 0.6) is 0 Å². The van der Waals surface area contributed by atoms with Gasteiger partial charge in [0.25, 0.3) is 5.91 Å². The predicted molar refractivity (Wildman–Crippen MR) is 56.6 cm³/mol. The Hall–Kier alpha value is -1.43. The highest BCUT2D eigenvalue weighted by atomic mass is 32.1. The molecule has 0 spiro atoms. The molecule has 1 aromatic rings. The van der Waals surface area contributed by atoms with E-state index < -0.39 is 6.04 Å². The van der Waals surface area contributed by atoms with Crippen molar-refractivity contribution >= 4 is 23.2 Å². The molecule has 1 atom stereocenters. The zero-order valence-electron chi connectivity index (χ0n) is 7.93. The van der Waals surface area contributed by atoms with E-state index in [9.17, 15) is 4.79 Å². The van der Waals surface area contributed by atoms with Crippen LogP contribution in [0.2, 0.25) is 0 Å². The quantitative estimate of drug-likeness (QED) is 0.762. The van der Waals surface area contributed by atoms with Crippen molar-refractivity contribution in [3.63, 3.8) is 0 Å². The number of amides is 1. The van der Waals surface area contributed by atoms with Crippen molar-refractivity contribution in [2.45, 2.75) is 24.9 Å². The van der Waals surface area contributed by atoms with E-state index in [1.54, 1.807) is 6.20 Å². The first-order valence-electron chi connectivity index (χ1n) is 4.87. The predicted octanol–water partition coefficient (Wildman–Crippen LogP) is 0.422. The molecule has 5 nitrogen and oxygen atoms in total. The van der Waals surface area contributed by atoms with Gasteiger partial charge in [0.15, 0.2) is 12.0 Å². The second-order valence-electron chi connectivity index (χ2n) is 3.66. The molecule has 1 unspecified atom stereocenters. The van der Waals surface area contributed by atoms with Gasteiger partial charge in [0, 0.05) is 17.6 Å². The lowest BCUT2D eigenvalue weighted by Gasteiger charge is -2.00. The maximum atomic E-state index is 11.6. The molecule has 15 heavy (non-hydrogen) atoms. The number of guanidine groups is 1. The van der Waals surface area contributed by atoms with Crippen LogP contribution in [-0.2, 0) is 4.79 Å². The van der Waals surface area contributed by atoms with Gasteiger partial charge in [0.1, 0.15) is 5.01 Å². The van der Waals surface area contributed by atoms with Crippen LogP contribution in [0.4, 0.5) is 0 Å². The lowest BCUT2D eigenvalue weighted by Crippen LogP contribution is -2.37. The summed E-state index contributed by atoms with van der Waals surface area (Å²) in [5, 5.41) is 8.50. The molecule has 2 N–H and O–H groups in total. The minimum absolute atomic E-state index is 0.0897. The summed E-state index contributed by atoms with van der Waals surface area (Å²) < 4.78 is 0. The molecule has 1 aliphatic carbocycles. The summed E-state index contributed by atoms with van der Waals surface area (Å²) in [6.07, 6.45) is 4.02. The van der Waals surface area contributed by atoms with E-state index in [0.717, 1.165) is 17.8 Å². The van der Waals surface area contributed by atoms with Gasteiger partial charge in [0.2, 0.25) is 0 Å². The van der Waals surface area contributed by atoms with Crippen LogP contribution in [0.15, 0.2) is 16.6 Å². The number of nitrogens with zero attached hydrogens (tertiary/aromatic N) is 2. The second kappa shape index (κ2) is 3.30.